The SMILES string of the molecule is CCCNc1nc(Cl)nc(Oc2ccc(C#N)c(F)c2)n1. The first-order chi connectivity index (χ1) is 10.1. The van der Waals surface area contributed by atoms with Crippen LogP contribution in [-0.2, 0) is 0 Å². The Balaban J connectivity index is 2.21. The van der Waals surface area contributed by atoms with Crippen molar-refractivity contribution in [2.24, 2.45) is 0 Å². The fraction of sp³-hybridized carbons (Fsp3) is 0.231. The Hall–Kier alpha value is -2.46. The van der Waals surface area contributed by atoms with Gasteiger partial charge in [-0.3, -0.25) is 0 Å². The summed E-state index contributed by atoms with van der Waals surface area (Å²) < 4.78 is 18.8. The van der Waals surface area contributed by atoms with Crippen molar-refractivity contribution in [3.05, 3.63) is 34.9 Å². The lowest BCUT2D eigenvalue weighted by atomic mass is 10.2. The summed E-state index contributed by atoms with van der Waals surface area (Å²) in [7, 11) is 0. The molecule has 0 saturated carbocycles. The van der Waals surface area contributed by atoms with Crippen LogP contribution in [0, 0.1) is 17.1 Å². The quantitative estimate of drug-likeness (QED) is 0.913. The van der Waals surface area contributed by atoms with Crippen LogP contribution in [0.4, 0.5) is 10.3 Å². The molecule has 0 radical (unpaired) electrons. The average Bonchev–Trinajstić information content (AvgIpc) is 2.45. The van der Waals surface area contributed by atoms with Gasteiger partial charge in [-0.25, -0.2) is 4.39 Å². The van der Waals surface area contributed by atoms with Gasteiger partial charge >= 0.3 is 6.01 Å². The Morgan fingerprint density at radius 3 is 2.86 bits per heavy atom. The van der Waals surface area contributed by atoms with Gasteiger partial charge in [0.25, 0.3) is 0 Å². The molecule has 8 heteroatoms. The standard InChI is InChI=1S/C13H11ClFN5O/c1-2-5-17-12-18-11(14)19-13(20-12)21-9-4-3-8(7-16)10(15)6-9/h3-4,6H,2,5H2,1H3,(H,17,18,19,20). The van der Waals surface area contributed by atoms with Crippen molar-refractivity contribution in [2.75, 3.05) is 11.9 Å². The van der Waals surface area contributed by atoms with E-state index in [-0.39, 0.29) is 28.6 Å². The molecule has 108 valence electrons. The summed E-state index contributed by atoms with van der Waals surface area (Å²) in [5.41, 5.74) is -0.0682. The van der Waals surface area contributed by atoms with Crippen LogP contribution in [0.15, 0.2) is 18.2 Å². The van der Waals surface area contributed by atoms with Gasteiger partial charge in [-0.05, 0) is 30.2 Å². The molecular weight excluding hydrogens is 297 g/mol. The van der Waals surface area contributed by atoms with E-state index in [9.17, 15) is 4.39 Å². The molecule has 0 aliphatic carbocycles. The van der Waals surface area contributed by atoms with Crippen molar-refractivity contribution in [2.45, 2.75) is 13.3 Å². The second-order valence-corrected chi connectivity index (χ2v) is 4.33. The molecule has 0 aliphatic rings. The van der Waals surface area contributed by atoms with E-state index in [0.29, 0.717) is 6.54 Å². The van der Waals surface area contributed by atoms with Crippen molar-refractivity contribution in [1.82, 2.24) is 15.0 Å². The largest absolute Gasteiger partial charge is 0.424 e. The Morgan fingerprint density at radius 1 is 1.38 bits per heavy atom. The van der Waals surface area contributed by atoms with Gasteiger partial charge in [-0.1, -0.05) is 6.92 Å². The fourth-order valence-electron chi connectivity index (χ4n) is 1.45. The van der Waals surface area contributed by atoms with Gasteiger partial charge in [-0.2, -0.15) is 20.2 Å². The third kappa shape index (κ3) is 4.00. The molecule has 0 amide bonds. The fourth-order valence-corrected chi connectivity index (χ4v) is 1.60. The lowest BCUT2D eigenvalue weighted by Gasteiger charge is -2.07. The molecule has 1 aromatic heterocycles. The molecule has 0 saturated heterocycles. The number of rotatable bonds is 5. The zero-order valence-electron chi connectivity index (χ0n) is 11.1. The van der Waals surface area contributed by atoms with Gasteiger partial charge < -0.3 is 10.1 Å². The molecule has 1 heterocycles. The monoisotopic (exact) mass is 307 g/mol. The maximum absolute atomic E-state index is 13.5. The van der Waals surface area contributed by atoms with E-state index >= 15 is 0 Å². The van der Waals surface area contributed by atoms with Crippen LogP contribution < -0.4 is 10.1 Å². The molecule has 1 aromatic carbocycles. The lowest BCUT2D eigenvalue weighted by Crippen LogP contribution is -2.06. The molecule has 0 bridgehead atoms. The second-order valence-electron chi connectivity index (χ2n) is 3.99. The third-order valence-corrected chi connectivity index (χ3v) is 2.56. The van der Waals surface area contributed by atoms with Gasteiger partial charge in [0.15, 0.2) is 0 Å². The molecule has 0 spiro atoms. The molecule has 2 aromatic rings. The molecule has 21 heavy (non-hydrogen) atoms. The minimum atomic E-state index is -0.681. The molecule has 0 atom stereocenters. The highest BCUT2D eigenvalue weighted by molar-refractivity contribution is 6.28. The van der Waals surface area contributed by atoms with E-state index < -0.39 is 5.82 Å². The number of aromatic nitrogens is 3. The van der Waals surface area contributed by atoms with Crippen molar-refractivity contribution in [3.63, 3.8) is 0 Å². The predicted molar refractivity (Wildman–Crippen MR) is 74.8 cm³/mol. The van der Waals surface area contributed by atoms with Crippen molar-refractivity contribution in [1.29, 1.82) is 5.26 Å². The van der Waals surface area contributed by atoms with Crippen molar-refractivity contribution in [3.8, 4) is 17.8 Å². The minimum Gasteiger partial charge on any atom is -0.424 e. The van der Waals surface area contributed by atoms with Gasteiger partial charge in [0, 0.05) is 12.6 Å². The summed E-state index contributed by atoms with van der Waals surface area (Å²) in [6, 6.07) is 5.50. The lowest BCUT2D eigenvalue weighted by molar-refractivity contribution is 0.436. The third-order valence-electron chi connectivity index (χ3n) is 2.39. The van der Waals surface area contributed by atoms with Crippen LogP contribution in [0.1, 0.15) is 18.9 Å². The zero-order chi connectivity index (χ0) is 15.2. The average molecular weight is 308 g/mol. The highest BCUT2D eigenvalue weighted by Gasteiger charge is 2.09. The predicted octanol–water partition coefficient (Wildman–Crippen LogP) is 3.15. The highest BCUT2D eigenvalue weighted by atomic mass is 35.5. The zero-order valence-corrected chi connectivity index (χ0v) is 11.9. The number of anilines is 1. The number of ether oxygens (including phenoxy) is 1. The van der Waals surface area contributed by atoms with Gasteiger partial charge in [0.05, 0.1) is 5.56 Å². The van der Waals surface area contributed by atoms with E-state index in [1.165, 1.54) is 12.1 Å². The van der Waals surface area contributed by atoms with Crippen LogP contribution in [0.25, 0.3) is 0 Å². The Kier molecular flexibility index (Phi) is 4.85. The van der Waals surface area contributed by atoms with E-state index in [0.717, 1.165) is 12.5 Å². The first kappa shape index (κ1) is 14.9. The molecular formula is C13H11ClFN5O. The summed E-state index contributed by atoms with van der Waals surface area (Å²) in [5.74, 6) is -0.240. The summed E-state index contributed by atoms with van der Waals surface area (Å²) in [6.07, 6.45) is 0.889. The number of nitrogens with one attached hydrogen (secondary N) is 1. The number of hydrogen-bond donors (Lipinski definition) is 1. The summed E-state index contributed by atoms with van der Waals surface area (Å²) >= 11 is 5.77. The topological polar surface area (TPSA) is 83.7 Å². The summed E-state index contributed by atoms with van der Waals surface area (Å²) in [4.78, 5) is 11.7. The number of halogens is 2. The number of benzene rings is 1. The molecule has 1 N–H and O–H groups in total. The molecule has 6 nitrogen and oxygen atoms in total. The number of hydrogen-bond acceptors (Lipinski definition) is 6. The Morgan fingerprint density at radius 2 is 2.19 bits per heavy atom. The Bertz CT molecular complexity index is 689. The van der Waals surface area contributed by atoms with Crippen LogP contribution in [0.3, 0.4) is 0 Å². The normalized spacial score (nSPS) is 10.0. The van der Waals surface area contributed by atoms with E-state index in [1.807, 2.05) is 6.92 Å². The minimum absolute atomic E-state index is 0.0345. The first-order valence-electron chi connectivity index (χ1n) is 6.15. The smallest absolute Gasteiger partial charge is 0.328 e. The maximum Gasteiger partial charge on any atom is 0.328 e. The first-order valence-corrected chi connectivity index (χ1v) is 6.53. The number of nitrogens with zero attached hydrogens (tertiary/aromatic N) is 4. The maximum atomic E-state index is 13.5. The molecule has 0 unspecified atom stereocenters. The number of nitriles is 1. The van der Waals surface area contributed by atoms with Gasteiger partial charge in [-0.15, -0.1) is 0 Å². The van der Waals surface area contributed by atoms with E-state index in [2.05, 4.69) is 20.3 Å². The highest BCUT2D eigenvalue weighted by Crippen LogP contribution is 2.22. The Labute approximate surface area is 125 Å². The molecule has 0 aliphatic heterocycles. The van der Waals surface area contributed by atoms with Crippen LogP contribution in [0.5, 0.6) is 11.8 Å². The van der Waals surface area contributed by atoms with Crippen molar-refractivity contribution >= 4 is 17.5 Å². The molecule has 2 rings (SSSR count). The van der Waals surface area contributed by atoms with E-state index in [4.69, 9.17) is 21.6 Å². The van der Waals surface area contributed by atoms with Crippen LogP contribution >= 0.6 is 11.6 Å². The van der Waals surface area contributed by atoms with Gasteiger partial charge in [0.1, 0.15) is 17.6 Å². The second kappa shape index (κ2) is 6.81. The van der Waals surface area contributed by atoms with Crippen LogP contribution in [-0.4, -0.2) is 21.5 Å². The van der Waals surface area contributed by atoms with Crippen molar-refractivity contribution < 1.29 is 9.13 Å². The van der Waals surface area contributed by atoms with Gasteiger partial charge in [0.2, 0.25) is 11.2 Å². The molecule has 0 fully saturated rings. The summed E-state index contributed by atoms with van der Waals surface area (Å²) in [6.45, 7) is 2.66. The van der Waals surface area contributed by atoms with Crippen LogP contribution in [0.2, 0.25) is 5.28 Å². The van der Waals surface area contributed by atoms with E-state index in [1.54, 1.807) is 6.07 Å². The summed E-state index contributed by atoms with van der Waals surface area (Å²) in [5, 5.41) is 11.6.